The number of nitrogens with one attached hydrogen (secondary N) is 1. The molecule has 0 saturated carbocycles. The molecule has 6 nitrogen and oxygen atoms in total. The molecule has 0 spiro atoms. The molecule has 0 amide bonds. The van der Waals surface area contributed by atoms with E-state index in [2.05, 4.69) is 16.9 Å². The monoisotopic (exact) mass is 258 g/mol. The summed E-state index contributed by atoms with van der Waals surface area (Å²) < 4.78 is 7.00. The summed E-state index contributed by atoms with van der Waals surface area (Å²) in [6.45, 7) is 6.99. The molecule has 0 fully saturated rings. The molecule has 2 heterocycles. The van der Waals surface area contributed by atoms with Crippen LogP contribution in [0.15, 0.2) is 34.7 Å². The Kier molecular flexibility index (Phi) is 3.66. The predicted octanol–water partition coefficient (Wildman–Crippen LogP) is 1.07. The SMILES string of the molecule is C=C(C#N)/C=C(\C)COc1cc2n(c(=O)n1)CCN2. The predicted molar refractivity (Wildman–Crippen MR) is 71.0 cm³/mol. The number of nitriles is 1. The Labute approximate surface area is 110 Å². The highest BCUT2D eigenvalue weighted by atomic mass is 16.5. The van der Waals surface area contributed by atoms with Crippen LogP contribution in [0.1, 0.15) is 6.92 Å². The Hall–Kier alpha value is -2.55. The Morgan fingerprint density at radius 2 is 2.58 bits per heavy atom. The summed E-state index contributed by atoms with van der Waals surface area (Å²) >= 11 is 0. The molecule has 6 heteroatoms. The number of anilines is 1. The van der Waals surface area contributed by atoms with Crippen LogP contribution in [0.2, 0.25) is 0 Å². The van der Waals surface area contributed by atoms with Crippen molar-refractivity contribution in [2.45, 2.75) is 13.5 Å². The van der Waals surface area contributed by atoms with Gasteiger partial charge in [-0.15, -0.1) is 0 Å². The van der Waals surface area contributed by atoms with Crippen LogP contribution in [0.4, 0.5) is 5.82 Å². The molecule has 0 atom stereocenters. The highest BCUT2D eigenvalue weighted by Gasteiger charge is 2.13. The van der Waals surface area contributed by atoms with E-state index in [4.69, 9.17) is 10.00 Å². The smallest absolute Gasteiger partial charge is 0.352 e. The van der Waals surface area contributed by atoms with Crippen LogP contribution in [0.25, 0.3) is 0 Å². The number of rotatable bonds is 4. The second kappa shape index (κ2) is 5.40. The lowest BCUT2D eigenvalue weighted by molar-refractivity contribution is 0.335. The third-order valence-corrected chi connectivity index (χ3v) is 2.64. The average Bonchev–Trinajstić information content (AvgIpc) is 2.85. The molecule has 1 aliphatic heterocycles. The highest BCUT2D eigenvalue weighted by Crippen LogP contribution is 2.16. The largest absolute Gasteiger partial charge is 0.473 e. The molecule has 2 rings (SSSR count). The van der Waals surface area contributed by atoms with Gasteiger partial charge in [-0.25, -0.2) is 4.79 Å². The van der Waals surface area contributed by atoms with Gasteiger partial charge in [0.15, 0.2) is 0 Å². The van der Waals surface area contributed by atoms with Crippen molar-refractivity contribution in [1.29, 1.82) is 5.26 Å². The van der Waals surface area contributed by atoms with Gasteiger partial charge >= 0.3 is 5.69 Å². The molecule has 0 radical (unpaired) electrons. The third-order valence-electron chi connectivity index (χ3n) is 2.64. The van der Waals surface area contributed by atoms with Crippen LogP contribution < -0.4 is 15.7 Å². The van der Waals surface area contributed by atoms with Gasteiger partial charge in [-0.05, 0) is 18.6 Å². The maximum Gasteiger partial charge on any atom is 0.352 e. The molecule has 0 aromatic carbocycles. The number of allylic oxidation sites excluding steroid dienone is 2. The molecule has 0 bridgehead atoms. The van der Waals surface area contributed by atoms with E-state index >= 15 is 0 Å². The first-order chi connectivity index (χ1) is 9.10. The summed E-state index contributed by atoms with van der Waals surface area (Å²) in [6.07, 6.45) is 1.64. The zero-order chi connectivity index (χ0) is 13.8. The van der Waals surface area contributed by atoms with E-state index in [0.29, 0.717) is 12.1 Å². The van der Waals surface area contributed by atoms with Crippen LogP contribution in [-0.2, 0) is 6.54 Å². The fraction of sp³-hybridized carbons (Fsp3) is 0.308. The van der Waals surface area contributed by atoms with Gasteiger partial charge in [0.1, 0.15) is 12.4 Å². The summed E-state index contributed by atoms with van der Waals surface area (Å²) in [7, 11) is 0. The van der Waals surface area contributed by atoms with Gasteiger partial charge in [0.05, 0.1) is 6.07 Å². The molecule has 0 unspecified atom stereocenters. The minimum Gasteiger partial charge on any atom is -0.473 e. The molecule has 1 aromatic heterocycles. The Bertz CT molecular complexity index is 637. The van der Waals surface area contributed by atoms with Crippen LogP contribution >= 0.6 is 0 Å². The normalized spacial score (nSPS) is 13.4. The molecule has 98 valence electrons. The van der Waals surface area contributed by atoms with Gasteiger partial charge in [0, 0.05) is 24.7 Å². The number of nitrogens with zero attached hydrogens (tertiary/aromatic N) is 3. The van der Waals surface area contributed by atoms with Crippen LogP contribution in [0.3, 0.4) is 0 Å². The van der Waals surface area contributed by atoms with Crippen molar-refractivity contribution in [3.8, 4) is 11.9 Å². The Balaban J connectivity index is 2.07. The van der Waals surface area contributed by atoms with Gasteiger partial charge in [-0.3, -0.25) is 4.57 Å². The van der Waals surface area contributed by atoms with Crippen molar-refractivity contribution in [3.05, 3.63) is 40.4 Å². The van der Waals surface area contributed by atoms with Crippen LogP contribution in [0, 0.1) is 11.3 Å². The molecular weight excluding hydrogens is 244 g/mol. The van der Waals surface area contributed by atoms with E-state index in [-0.39, 0.29) is 18.2 Å². The number of aromatic nitrogens is 2. The maximum absolute atomic E-state index is 11.7. The lowest BCUT2D eigenvalue weighted by Gasteiger charge is -2.07. The standard InChI is InChI=1S/C13H14N4O2/c1-9(7-14)5-10(2)8-19-12-6-11-15-3-4-17(11)13(18)16-12/h5-6,15H,1,3-4,8H2,2H3/b10-5+. The Morgan fingerprint density at radius 3 is 3.32 bits per heavy atom. The zero-order valence-corrected chi connectivity index (χ0v) is 10.6. The average molecular weight is 258 g/mol. The van der Waals surface area contributed by atoms with E-state index in [9.17, 15) is 4.79 Å². The molecule has 0 aliphatic carbocycles. The number of hydrogen-bond acceptors (Lipinski definition) is 5. The molecule has 1 N–H and O–H groups in total. The van der Waals surface area contributed by atoms with Gasteiger partial charge in [0.25, 0.3) is 0 Å². The third kappa shape index (κ3) is 3.01. The van der Waals surface area contributed by atoms with Gasteiger partial charge in [0.2, 0.25) is 5.88 Å². The van der Waals surface area contributed by atoms with Crippen LogP contribution in [0.5, 0.6) is 5.88 Å². The van der Waals surface area contributed by atoms with E-state index in [1.165, 1.54) is 0 Å². The van der Waals surface area contributed by atoms with Gasteiger partial charge in [-0.2, -0.15) is 10.2 Å². The number of ether oxygens (including phenoxy) is 1. The first-order valence-electron chi connectivity index (χ1n) is 5.85. The maximum atomic E-state index is 11.7. The molecule has 1 aliphatic rings. The quantitative estimate of drug-likeness (QED) is 0.645. The summed E-state index contributed by atoms with van der Waals surface area (Å²) in [5.74, 6) is 0.999. The van der Waals surface area contributed by atoms with Crippen molar-refractivity contribution in [2.75, 3.05) is 18.5 Å². The fourth-order valence-corrected chi connectivity index (χ4v) is 1.78. The summed E-state index contributed by atoms with van der Waals surface area (Å²) in [6, 6.07) is 3.63. The highest BCUT2D eigenvalue weighted by molar-refractivity contribution is 5.41. The van der Waals surface area contributed by atoms with Gasteiger partial charge in [-0.1, -0.05) is 6.58 Å². The number of fused-ring (bicyclic) bond motifs is 1. The molecular formula is C13H14N4O2. The topological polar surface area (TPSA) is 79.9 Å². The van der Waals surface area contributed by atoms with Crippen molar-refractivity contribution in [2.24, 2.45) is 0 Å². The lowest BCUT2D eigenvalue weighted by atomic mass is 10.2. The lowest BCUT2D eigenvalue weighted by Crippen LogP contribution is -2.21. The van der Waals surface area contributed by atoms with Crippen molar-refractivity contribution in [1.82, 2.24) is 9.55 Å². The van der Waals surface area contributed by atoms with Gasteiger partial charge < -0.3 is 10.1 Å². The molecule has 0 saturated heterocycles. The molecule has 19 heavy (non-hydrogen) atoms. The second-order valence-electron chi connectivity index (χ2n) is 4.26. The summed E-state index contributed by atoms with van der Waals surface area (Å²) in [5, 5.41) is 11.7. The van der Waals surface area contributed by atoms with Crippen molar-refractivity contribution >= 4 is 5.82 Å². The minimum absolute atomic E-state index is 0.261. The second-order valence-corrected chi connectivity index (χ2v) is 4.26. The Morgan fingerprint density at radius 1 is 1.79 bits per heavy atom. The summed E-state index contributed by atoms with van der Waals surface area (Å²) in [4.78, 5) is 15.5. The first-order valence-corrected chi connectivity index (χ1v) is 5.85. The van der Waals surface area contributed by atoms with E-state index < -0.39 is 0 Å². The van der Waals surface area contributed by atoms with E-state index in [1.54, 1.807) is 16.7 Å². The van der Waals surface area contributed by atoms with E-state index in [0.717, 1.165) is 17.9 Å². The van der Waals surface area contributed by atoms with Crippen molar-refractivity contribution < 1.29 is 4.74 Å². The van der Waals surface area contributed by atoms with Crippen molar-refractivity contribution in [3.63, 3.8) is 0 Å². The minimum atomic E-state index is -0.319. The summed E-state index contributed by atoms with van der Waals surface area (Å²) in [5.41, 5.74) is 0.882. The van der Waals surface area contributed by atoms with E-state index in [1.807, 2.05) is 13.0 Å². The first kappa shape index (κ1) is 12.9. The zero-order valence-electron chi connectivity index (χ0n) is 10.6. The fourth-order valence-electron chi connectivity index (χ4n) is 1.78. The van der Waals surface area contributed by atoms with Crippen LogP contribution in [-0.4, -0.2) is 22.7 Å². The number of hydrogen-bond donors (Lipinski definition) is 1. The molecule has 1 aromatic rings.